The number of nitrogens with two attached hydrogens (primary N) is 1. The van der Waals surface area contributed by atoms with E-state index in [4.69, 9.17) is 15.2 Å². The van der Waals surface area contributed by atoms with Crippen molar-refractivity contribution in [1.82, 2.24) is 14.0 Å². The van der Waals surface area contributed by atoms with Gasteiger partial charge in [-0.3, -0.25) is 18.8 Å². The van der Waals surface area contributed by atoms with Crippen molar-refractivity contribution >= 4 is 5.82 Å². The minimum absolute atomic E-state index is 0.211. The summed E-state index contributed by atoms with van der Waals surface area (Å²) in [6.07, 6.45) is 0. The second-order valence-electron chi connectivity index (χ2n) is 7.77. The molecule has 0 radical (unpaired) electrons. The van der Waals surface area contributed by atoms with Crippen molar-refractivity contribution in [3.63, 3.8) is 0 Å². The number of benzene rings is 1. The highest BCUT2D eigenvalue weighted by molar-refractivity contribution is 5.46. The summed E-state index contributed by atoms with van der Waals surface area (Å²) in [6.45, 7) is 6.98. The fourth-order valence-electron chi connectivity index (χ4n) is 3.79. The molecule has 0 aliphatic carbocycles. The van der Waals surface area contributed by atoms with Gasteiger partial charge in [0.15, 0.2) is 0 Å². The van der Waals surface area contributed by atoms with Crippen LogP contribution in [0.15, 0.2) is 33.9 Å². The summed E-state index contributed by atoms with van der Waals surface area (Å²) in [7, 11) is 3.12. The molecule has 1 unspecified atom stereocenters. The van der Waals surface area contributed by atoms with Crippen molar-refractivity contribution in [2.45, 2.75) is 26.4 Å². The number of aromatic nitrogens is 2. The lowest BCUT2D eigenvalue weighted by atomic mass is 9.97. The minimum Gasteiger partial charge on any atom is -0.497 e. The van der Waals surface area contributed by atoms with E-state index < -0.39 is 0 Å². The first-order valence-electron chi connectivity index (χ1n) is 9.90. The zero-order valence-electron chi connectivity index (χ0n) is 17.6. The third-order valence-electron chi connectivity index (χ3n) is 5.28. The van der Waals surface area contributed by atoms with Crippen LogP contribution in [0.5, 0.6) is 5.75 Å². The molecule has 1 aliphatic rings. The van der Waals surface area contributed by atoms with Crippen LogP contribution in [0.25, 0.3) is 0 Å². The van der Waals surface area contributed by atoms with E-state index in [0.717, 1.165) is 15.9 Å². The molecule has 158 valence electrons. The van der Waals surface area contributed by atoms with E-state index in [1.807, 2.05) is 38.1 Å². The summed E-state index contributed by atoms with van der Waals surface area (Å²) in [5, 5.41) is 0. The Kier molecular flexibility index (Phi) is 6.44. The van der Waals surface area contributed by atoms with Crippen molar-refractivity contribution in [1.29, 1.82) is 0 Å². The fourth-order valence-corrected chi connectivity index (χ4v) is 3.79. The third-order valence-corrected chi connectivity index (χ3v) is 5.28. The Labute approximate surface area is 170 Å². The second-order valence-corrected chi connectivity index (χ2v) is 7.77. The molecule has 8 nitrogen and oxygen atoms in total. The van der Waals surface area contributed by atoms with E-state index in [9.17, 15) is 9.59 Å². The maximum Gasteiger partial charge on any atom is 0.332 e. The van der Waals surface area contributed by atoms with Gasteiger partial charge in [-0.25, -0.2) is 4.79 Å². The molecular weight excluding hydrogens is 372 g/mol. The third kappa shape index (κ3) is 4.23. The maximum atomic E-state index is 13.2. The average molecular weight is 402 g/mol. The number of ether oxygens (including phenoxy) is 2. The van der Waals surface area contributed by atoms with Crippen LogP contribution in [-0.4, -0.2) is 47.4 Å². The summed E-state index contributed by atoms with van der Waals surface area (Å²) in [5.74, 6) is 1.18. The molecule has 0 spiro atoms. The van der Waals surface area contributed by atoms with E-state index in [-0.39, 0.29) is 29.0 Å². The largest absolute Gasteiger partial charge is 0.497 e. The van der Waals surface area contributed by atoms with Gasteiger partial charge in [0, 0.05) is 26.7 Å². The van der Waals surface area contributed by atoms with Crippen LogP contribution in [0, 0.1) is 5.92 Å². The Morgan fingerprint density at radius 2 is 1.76 bits per heavy atom. The summed E-state index contributed by atoms with van der Waals surface area (Å²) in [4.78, 5) is 28.1. The van der Waals surface area contributed by atoms with Gasteiger partial charge in [-0.1, -0.05) is 26.0 Å². The van der Waals surface area contributed by atoms with Gasteiger partial charge in [-0.15, -0.1) is 0 Å². The molecule has 0 amide bonds. The zero-order chi connectivity index (χ0) is 21.1. The minimum atomic E-state index is -0.389. The topological polar surface area (TPSA) is 91.7 Å². The quantitative estimate of drug-likeness (QED) is 0.781. The highest BCUT2D eigenvalue weighted by atomic mass is 16.5. The van der Waals surface area contributed by atoms with Gasteiger partial charge in [-0.05, 0) is 23.6 Å². The van der Waals surface area contributed by atoms with Gasteiger partial charge in [0.25, 0.3) is 5.56 Å². The first kappa shape index (κ1) is 21.1. The van der Waals surface area contributed by atoms with Gasteiger partial charge < -0.3 is 15.2 Å². The van der Waals surface area contributed by atoms with Gasteiger partial charge in [0.05, 0.1) is 31.9 Å². The first-order chi connectivity index (χ1) is 13.8. The molecule has 1 saturated heterocycles. The highest BCUT2D eigenvalue weighted by Gasteiger charge is 2.31. The normalized spacial score (nSPS) is 16.2. The number of anilines is 1. The van der Waals surface area contributed by atoms with Crippen LogP contribution in [0.1, 0.15) is 31.0 Å². The maximum absolute atomic E-state index is 13.2. The van der Waals surface area contributed by atoms with Crippen LogP contribution in [0.2, 0.25) is 0 Å². The van der Waals surface area contributed by atoms with E-state index >= 15 is 0 Å². The fraction of sp³-hybridized carbons (Fsp3) is 0.524. The highest BCUT2D eigenvalue weighted by Crippen LogP contribution is 2.31. The molecule has 2 N–H and O–H groups in total. The number of hydrogen-bond acceptors (Lipinski definition) is 6. The monoisotopic (exact) mass is 402 g/mol. The predicted octanol–water partition coefficient (Wildman–Crippen LogP) is 1.22. The molecule has 2 aromatic rings. The number of hydrogen-bond donors (Lipinski definition) is 1. The van der Waals surface area contributed by atoms with Crippen LogP contribution < -0.4 is 21.7 Å². The Morgan fingerprint density at radius 1 is 1.14 bits per heavy atom. The molecule has 2 heterocycles. The Balaban J connectivity index is 2.22. The van der Waals surface area contributed by atoms with E-state index in [1.165, 1.54) is 11.6 Å². The molecule has 1 aromatic heterocycles. The average Bonchev–Trinajstić information content (AvgIpc) is 2.73. The Hall–Kier alpha value is -2.58. The Morgan fingerprint density at radius 3 is 2.31 bits per heavy atom. The lowest BCUT2D eigenvalue weighted by Gasteiger charge is -2.35. The van der Waals surface area contributed by atoms with E-state index in [0.29, 0.717) is 38.4 Å². The number of nitrogen functional groups attached to an aromatic ring is 1. The molecule has 1 atom stereocenters. The standard InChI is InChI=1S/C21H30N4O4/c1-14(2)13-25-19(22)17(20(26)23(3)21(25)27)18(24-9-11-29-12-10-24)15-5-7-16(28-4)8-6-15/h5-8,14,18H,9-13,22H2,1-4H3. The van der Waals surface area contributed by atoms with Gasteiger partial charge in [-0.2, -0.15) is 0 Å². The number of methoxy groups -OCH3 is 1. The number of morpholine rings is 1. The van der Waals surface area contributed by atoms with Crippen molar-refractivity contribution in [2.75, 3.05) is 39.1 Å². The molecular formula is C21H30N4O4. The van der Waals surface area contributed by atoms with Crippen LogP contribution in [0.3, 0.4) is 0 Å². The molecule has 3 rings (SSSR count). The zero-order valence-corrected chi connectivity index (χ0v) is 17.6. The second kappa shape index (κ2) is 8.84. The van der Waals surface area contributed by atoms with Crippen molar-refractivity contribution in [3.05, 3.63) is 56.2 Å². The van der Waals surface area contributed by atoms with E-state index in [1.54, 1.807) is 7.11 Å². The van der Waals surface area contributed by atoms with Crippen molar-refractivity contribution < 1.29 is 9.47 Å². The van der Waals surface area contributed by atoms with Crippen LogP contribution in [0.4, 0.5) is 5.82 Å². The molecule has 8 heteroatoms. The van der Waals surface area contributed by atoms with Gasteiger partial charge >= 0.3 is 5.69 Å². The molecule has 1 fully saturated rings. The number of rotatable bonds is 6. The summed E-state index contributed by atoms with van der Waals surface area (Å²) in [5.41, 5.74) is 7.07. The van der Waals surface area contributed by atoms with Crippen LogP contribution in [-0.2, 0) is 18.3 Å². The van der Waals surface area contributed by atoms with Gasteiger partial charge in [0.2, 0.25) is 0 Å². The SMILES string of the molecule is COc1ccc(C(c2c(N)n(CC(C)C)c(=O)n(C)c2=O)N2CCOCC2)cc1. The lowest BCUT2D eigenvalue weighted by molar-refractivity contribution is 0.0236. The predicted molar refractivity (Wildman–Crippen MR) is 112 cm³/mol. The van der Waals surface area contributed by atoms with Crippen molar-refractivity contribution in [3.8, 4) is 5.75 Å². The summed E-state index contributed by atoms with van der Waals surface area (Å²) < 4.78 is 13.5. The van der Waals surface area contributed by atoms with Crippen LogP contribution >= 0.6 is 0 Å². The Bertz CT molecular complexity index is 956. The molecule has 0 saturated carbocycles. The number of nitrogens with zero attached hydrogens (tertiary/aromatic N) is 3. The van der Waals surface area contributed by atoms with Crippen molar-refractivity contribution in [2.24, 2.45) is 13.0 Å². The molecule has 0 bridgehead atoms. The van der Waals surface area contributed by atoms with E-state index in [2.05, 4.69) is 4.90 Å². The van der Waals surface area contributed by atoms with Gasteiger partial charge in [0.1, 0.15) is 11.6 Å². The first-order valence-corrected chi connectivity index (χ1v) is 9.90. The molecule has 29 heavy (non-hydrogen) atoms. The molecule has 1 aliphatic heterocycles. The smallest absolute Gasteiger partial charge is 0.332 e. The lowest BCUT2D eigenvalue weighted by Crippen LogP contribution is -2.47. The summed E-state index contributed by atoms with van der Waals surface area (Å²) >= 11 is 0. The summed E-state index contributed by atoms with van der Waals surface area (Å²) in [6, 6.07) is 7.25. The molecule has 1 aromatic carbocycles.